The number of imidazole rings is 1. The fourth-order valence-electron chi connectivity index (χ4n) is 1.74. The Morgan fingerprint density at radius 1 is 1.39 bits per heavy atom. The molecule has 0 aromatic carbocycles. The van der Waals surface area contributed by atoms with Crippen LogP contribution in [0.5, 0.6) is 0 Å². The Bertz CT molecular complexity index is 555. The summed E-state index contributed by atoms with van der Waals surface area (Å²) in [5.74, 6) is -0.0272. The molecular weight excluding hydrogens is 226 g/mol. The SMILES string of the molecule is CC.Cc1ccc2ncc(C(=O)NC3CC3)n2c1. The van der Waals surface area contributed by atoms with Crippen molar-refractivity contribution >= 4 is 11.6 Å². The number of carbonyl (C=O) groups excluding carboxylic acids is 1. The molecule has 0 spiro atoms. The lowest BCUT2D eigenvalue weighted by atomic mass is 10.3. The van der Waals surface area contributed by atoms with Crippen LogP contribution in [0.1, 0.15) is 42.7 Å². The highest BCUT2D eigenvalue weighted by Gasteiger charge is 2.25. The van der Waals surface area contributed by atoms with Crippen LogP contribution in [0.15, 0.2) is 24.5 Å². The Labute approximate surface area is 107 Å². The van der Waals surface area contributed by atoms with Gasteiger partial charge in [0.25, 0.3) is 5.91 Å². The summed E-state index contributed by atoms with van der Waals surface area (Å²) < 4.78 is 1.84. The third kappa shape index (κ3) is 2.53. The minimum atomic E-state index is -0.0272. The zero-order valence-corrected chi connectivity index (χ0v) is 11.1. The minimum absolute atomic E-state index is 0.0272. The average Bonchev–Trinajstić information content (AvgIpc) is 3.09. The number of aryl methyl sites for hydroxylation is 1. The quantitative estimate of drug-likeness (QED) is 0.883. The van der Waals surface area contributed by atoms with E-state index in [1.807, 2.05) is 43.5 Å². The summed E-state index contributed by atoms with van der Waals surface area (Å²) in [6.45, 7) is 6.00. The van der Waals surface area contributed by atoms with Crippen LogP contribution in [-0.4, -0.2) is 21.3 Å². The standard InChI is InChI=1S/C12H13N3O.C2H6/c1-8-2-5-11-13-6-10(15(11)7-8)12(16)14-9-3-4-9;1-2/h2,5-7,9H,3-4H2,1H3,(H,14,16);1-2H3. The Kier molecular flexibility index (Phi) is 3.65. The van der Waals surface area contributed by atoms with Gasteiger partial charge in [0.15, 0.2) is 0 Å². The van der Waals surface area contributed by atoms with Gasteiger partial charge in [0.05, 0.1) is 6.20 Å². The highest BCUT2D eigenvalue weighted by Crippen LogP contribution is 2.19. The predicted octanol–water partition coefficient (Wildman–Crippen LogP) is 2.56. The minimum Gasteiger partial charge on any atom is -0.348 e. The molecule has 0 bridgehead atoms. The second-order valence-corrected chi connectivity index (χ2v) is 4.33. The van der Waals surface area contributed by atoms with Gasteiger partial charge < -0.3 is 5.32 Å². The number of fused-ring (bicyclic) bond motifs is 1. The summed E-state index contributed by atoms with van der Waals surface area (Å²) in [5, 5.41) is 2.97. The molecular formula is C14H19N3O. The normalized spacial score (nSPS) is 13.9. The fourth-order valence-corrected chi connectivity index (χ4v) is 1.74. The molecule has 0 aliphatic heterocycles. The monoisotopic (exact) mass is 245 g/mol. The summed E-state index contributed by atoms with van der Waals surface area (Å²) >= 11 is 0. The third-order valence-electron chi connectivity index (χ3n) is 2.80. The number of hydrogen-bond donors (Lipinski definition) is 1. The molecule has 96 valence electrons. The van der Waals surface area contributed by atoms with Gasteiger partial charge in [-0.15, -0.1) is 0 Å². The van der Waals surface area contributed by atoms with Crippen LogP contribution < -0.4 is 5.32 Å². The Morgan fingerprint density at radius 3 is 2.78 bits per heavy atom. The molecule has 1 amide bonds. The number of rotatable bonds is 2. The second kappa shape index (κ2) is 5.21. The lowest BCUT2D eigenvalue weighted by Crippen LogP contribution is -2.26. The van der Waals surface area contributed by atoms with Gasteiger partial charge in [-0.05, 0) is 31.4 Å². The number of nitrogens with zero attached hydrogens (tertiary/aromatic N) is 2. The van der Waals surface area contributed by atoms with Crippen molar-refractivity contribution in [3.8, 4) is 0 Å². The Hall–Kier alpha value is -1.84. The van der Waals surface area contributed by atoms with Gasteiger partial charge in [-0.1, -0.05) is 19.9 Å². The highest BCUT2D eigenvalue weighted by atomic mass is 16.2. The van der Waals surface area contributed by atoms with Crippen molar-refractivity contribution in [1.82, 2.24) is 14.7 Å². The number of aromatic nitrogens is 2. The summed E-state index contributed by atoms with van der Waals surface area (Å²) in [5.41, 5.74) is 2.54. The molecule has 1 saturated carbocycles. The van der Waals surface area contributed by atoms with E-state index in [0.29, 0.717) is 11.7 Å². The lowest BCUT2D eigenvalue weighted by molar-refractivity contribution is 0.0945. The van der Waals surface area contributed by atoms with E-state index in [2.05, 4.69) is 10.3 Å². The van der Waals surface area contributed by atoms with Crippen molar-refractivity contribution < 1.29 is 4.79 Å². The van der Waals surface area contributed by atoms with Crippen LogP contribution in [0.2, 0.25) is 0 Å². The Balaban J connectivity index is 0.000000574. The van der Waals surface area contributed by atoms with E-state index >= 15 is 0 Å². The smallest absolute Gasteiger partial charge is 0.270 e. The van der Waals surface area contributed by atoms with Gasteiger partial charge in [0.2, 0.25) is 0 Å². The van der Waals surface area contributed by atoms with Crippen LogP contribution in [0, 0.1) is 6.92 Å². The van der Waals surface area contributed by atoms with E-state index in [1.54, 1.807) is 6.20 Å². The maximum atomic E-state index is 11.9. The van der Waals surface area contributed by atoms with Crippen molar-refractivity contribution in [3.05, 3.63) is 35.8 Å². The number of pyridine rings is 1. The molecule has 1 aliphatic carbocycles. The maximum Gasteiger partial charge on any atom is 0.270 e. The summed E-state index contributed by atoms with van der Waals surface area (Å²) in [6.07, 6.45) is 5.76. The van der Waals surface area contributed by atoms with E-state index in [9.17, 15) is 4.79 Å². The summed E-state index contributed by atoms with van der Waals surface area (Å²) in [6, 6.07) is 4.29. The molecule has 2 heterocycles. The lowest BCUT2D eigenvalue weighted by Gasteiger charge is -2.03. The number of amides is 1. The van der Waals surface area contributed by atoms with E-state index in [1.165, 1.54) is 0 Å². The zero-order chi connectivity index (χ0) is 13.1. The molecule has 4 nitrogen and oxygen atoms in total. The molecule has 1 N–H and O–H groups in total. The molecule has 0 saturated heterocycles. The molecule has 1 aliphatic rings. The van der Waals surface area contributed by atoms with Crippen molar-refractivity contribution in [2.24, 2.45) is 0 Å². The van der Waals surface area contributed by atoms with E-state index in [4.69, 9.17) is 0 Å². The van der Waals surface area contributed by atoms with Gasteiger partial charge in [-0.25, -0.2) is 4.98 Å². The van der Waals surface area contributed by atoms with Crippen LogP contribution >= 0.6 is 0 Å². The van der Waals surface area contributed by atoms with E-state index in [-0.39, 0.29) is 5.91 Å². The summed E-state index contributed by atoms with van der Waals surface area (Å²) in [7, 11) is 0. The van der Waals surface area contributed by atoms with Gasteiger partial charge in [0, 0.05) is 12.2 Å². The fraction of sp³-hybridized carbons (Fsp3) is 0.429. The first-order valence-electron chi connectivity index (χ1n) is 6.48. The van der Waals surface area contributed by atoms with E-state index < -0.39 is 0 Å². The average molecular weight is 245 g/mol. The number of nitrogens with one attached hydrogen (secondary N) is 1. The Morgan fingerprint density at radius 2 is 2.11 bits per heavy atom. The molecule has 0 unspecified atom stereocenters. The third-order valence-corrected chi connectivity index (χ3v) is 2.80. The van der Waals surface area contributed by atoms with Crippen molar-refractivity contribution in [3.63, 3.8) is 0 Å². The number of hydrogen-bond acceptors (Lipinski definition) is 2. The van der Waals surface area contributed by atoms with Gasteiger partial charge >= 0.3 is 0 Å². The van der Waals surface area contributed by atoms with Crippen LogP contribution in [0.3, 0.4) is 0 Å². The molecule has 2 aromatic heterocycles. The largest absolute Gasteiger partial charge is 0.348 e. The van der Waals surface area contributed by atoms with Crippen LogP contribution in [0.4, 0.5) is 0 Å². The molecule has 1 fully saturated rings. The first-order valence-corrected chi connectivity index (χ1v) is 6.48. The maximum absolute atomic E-state index is 11.9. The molecule has 18 heavy (non-hydrogen) atoms. The molecule has 0 atom stereocenters. The number of carbonyl (C=O) groups is 1. The molecule has 2 aromatic rings. The molecule has 0 radical (unpaired) electrons. The van der Waals surface area contributed by atoms with E-state index in [0.717, 1.165) is 24.1 Å². The van der Waals surface area contributed by atoms with Crippen LogP contribution in [0.25, 0.3) is 5.65 Å². The second-order valence-electron chi connectivity index (χ2n) is 4.33. The summed E-state index contributed by atoms with van der Waals surface area (Å²) in [4.78, 5) is 16.1. The van der Waals surface area contributed by atoms with Gasteiger partial charge in [0.1, 0.15) is 11.3 Å². The first kappa shape index (κ1) is 12.6. The van der Waals surface area contributed by atoms with Crippen LogP contribution in [-0.2, 0) is 0 Å². The zero-order valence-electron chi connectivity index (χ0n) is 11.1. The predicted molar refractivity (Wildman–Crippen MR) is 71.8 cm³/mol. The van der Waals surface area contributed by atoms with Gasteiger partial charge in [-0.2, -0.15) is 0 Å². The molecule has 3 rings (SSSR count). The first-order chi connectivity index (χ1) is 8.74. The van der Waals surface area contributed by atoms with Crippen molar-refractivity contribution in [1.29, 1.82) is 0 Å². The molecule has 4 heteroatoms. The van der Waals surface area contributed by atoms with Crippen molar-refractivity contribution in [2.75, 3.05) is 0 Å². The van der Waals surface area contributed by atoms with Crippen molar-refractivity contribution in [2.45, 2.75) is 39.7 Å². The topological polar surface area (TPSA) is 46.4 Å². The van der Waals surface area contributed by atoms with Gasteiger partial charge in [-0.3, -0.25) is 9.20 Å². The highest BCUT2D eigenvalue weighted by molar-refractivity contribution is 5.93.